The van der Waals surface area contributed by atoms with Gasteiger partial charge in [0.25, 0.3) is 11.8 Å². The molecule has 2 aliphatic carbocycles. The second-order valence-corrected chi connectivity index (χ2v) is 14.5. The molecular formula is C44H46N4O3. The van der Waals surface area contributed by atoms with E-state index in [1.54, 1.807) is 23.8 Å². The van der Waals surface area contributed by atoms with Crippen LogP contribution in [-0.4, -0.2) is 60.9 Å². The van der Waals surface area contributed by atoms with E-state index in [-0.39, 0.29) is 11.8 Å². The van der Waals surface area contributed by atoms with Crippen LogP contribution in [0.2, 0.25) is 0 Å². The molecule has 0 spiro atoms. The number of likely N-dealkylation sites (tertiary alicyclic amines) is 2. The standard InChI is InChI=1S/C29H26N2O3.C15H20N2/c32-28-26-13-12-25(34-24-6-2-1-3-7-24)18-27(26)29(33)31(28)23-11-10-21-16-20(8-9-22(21)17-23)19-30-14-4-5-15-30;16-15-6-5-13-9-12(3-4-14(13)10-15)11-17-7-1-2-8-17/h1-3,6-7,10-13,16-18H,4-5,8-9,14-15,19H2;5-6,9-10H,1-4,7-8,11,16H2. The highest BCUT2D eigenvalue weighted by Gasteiger charge is 2.37. The van der Waals surface area contributed by atoms with Crippen LogP contribution in [-0.2, 0) is 12.8 Å². The molecule has 7 nitrogen and oxygen atoms in total. The molecule has 5 aliphatic rings. The molecule has 2 N–H and O–H groups in total. The van der Waals surface area contributed by atoms with Crippen molar-refractivity contribution in [2.45, 2.75) is 51.4 Å². The van der Waals surface area contributed by atoms with E-state index in [9.17, 15) is 9.59 Å². The van der Waals surface area contributed by atoms with E-state index in [0.29, 0.717) is 28.3 Å². The Morgan fingerprint density at radius 2 is 1.16 bits per heavy atom. The molecule has 9 rings (SSSR count). The number of nitrogens with two attached hydrogens (primary N) is 1. The first-order valence-electron chi connectivity index (χ1n) is 18.6. The first-order valence-corrected chi connectivity index (χ1v) is 18.6. The second kappa shape index (κ2) is 14.7. The smallest absolute Gasteiger partial charge is 0.266 e. The summed E-state index contributed by atoms with van der Waals surface area (Å²) in [5.74, 6) is 0.629. The molecule has 0 atom stereocenters. The van der Waals surface area contributed by atoms with Crippen molar-refractivity contribution >= 4 is 35.3 Å². The molecule has 7 heteroatoms. The third kappa shape index (κ3) is 7.41. The van der Waals surface area contributed by atoms with Crippen LogP contribution in [0, 0.1) is 0 Å². The van der Waals surface area contributed by atoms with Gasteiger partial charge in [0, 0.05) is 18.8 Å². The topological polar surface area (TPSA) is 79.1 Å². The van der Waals surface area contributed by atoms with Crippen molar-refractivity contribution in [3.05, 3.63) is 129 Å². The Labute approximate surface area is 301 Å². The summed E-state index contributed by atoms with van der Waals surface area (Å²) >= 11 is 0. The summed E-state index contributed by atoms with van der Waals surface area (Å²) in [4.78, 5) is 32.8. The molecule has 0 unspecified atom stereocenters. The first-order chi connectivity index (χ1) is 25.0. The van der Waals surface area contributed by atoms with Gasteiger partial charge < -0.3 is 10.5 Å². The fraction of sp³-hybridized carbons (Fsp3) is 0.318. The van der Waals surface area contributed by atoms with Crippen molar-refractivity contribution in [3.63, 3.8) is 0 Å². The van der Waals surface area contributed by atoms with Crippen LogP contribution in [0.3, 0.4) is 0 Å². The maximum atomic E-state index is 13.3. The van der Waals surface area contributed by atoms with Gasteiger partial charge in [-0.1, -0.05) is 53.6 Å². The van der Waals surface area contributed by atoms with Gasteiger partial charge in [0.2, 0.25) is 0 Å². The Morgan fingerprint density at radius 3 is 1.80 bits per heavy atom. The van der Waals surface area contributed by atoms with E-state index in [1.165, 1.54) is 97.6 Å². The molecule has 2 fully saturated rings. The molecule has 3 heterocycles. The van der Waals surface area contributed by atoms with Gasteiger partial charge in [0.05, 0.1) is 16.8 Å². The van der Waals surface area contributed by atoms with Gasteiger partial charge in [0.1, 0.15) is 11.5 Å². The van der Waals surface area contributed by atoms with E-state index >= 15 is 0 Å². The summed E-state index contributed by atoms with van der Waals surface area (Å²) in [5, 5.41) is 0. The Morgan fingerprint density at radius 1 is 0.569 bits per heavy atom. The Bertz CT molecular complexity index is 2000. The average Bonchev–Trinajstić information content (AvgIpc) is 3.91. The number of anilines is 2. The Balaban J connectivity index is 0.000000184. The molecule has 4 aromatic rings. The van der Waals surface area contributed by atoms with Crippen LogP contribution in [0.4, 0.5) is 11.4 Å². The van der Waals surface area contributed by atoms with Crippen LogP contribution in [0.1, 0.15) is 81.5 Å². The molecule has 2 saturated heterocycles. The number of benzene rings is 4. The molecule has 0 saturated carbocycles. The van der Waals surface area contributed by atoms with Gasteiger partial charge >= 0.3 is 0 Å². The van der Waals surface area contributed by atoms with Crippen molar-refractivity contribution < 1.29 is 14.3 Å². The van der Waals surface area contributed by atoms with Gasteiger partial charge in [-0.05, 0) is 154 Å². The average molecular weight is 679 g/mol. The summed E-state index contributed by atoms with van der Waals surface area (Å²) < 4.78 is 5.87. The molecule has 0 radical (unpaired) electrons. The minimum Gasteiger partial charge on any atom is -0.457 e. The number of imide groups is 1. The number of nitrogen functional groups attached to an aromatic ring is 1. The normalized spacial score (nSPS) is 18.4. The summed E-state index contributed by atoms with van der Waals surface area (Å²) in [6.07, 6.45) is 14.3. The number of aryl methyl sites for hydroxylation is 2. The largest absolute Gasteiger partial charge is 0.457 e. The predicted octanol–water partition coefficient (Wildman–Crippen LogP) is 8.40. The lowest BCUT2D eigenvalue weighted by atomic mass is 9.91. The van der Waals surface area contributed by atoms with Crippen molar-refractivity contribution in [2.75, 3.05) is 49.9 Å². The number of rotatable bonds is 7. The van der Waals surface area contributed by atoms with Crippen molar-refractivity contribution in [1.29, 1.82) is 0 Å². The van der Waals surface area contributed by atoms with Gasteiger partial charge in [0.15, 0.2) is 0 Å². The number of ether oxygens (including phenoxy) is 1. The summed E-state index contributed by atoms with van der Waals surface area (Å²) in [5.41, 5.74) is 16.4. The highest BCUT2D eigenvalue weighted by Crippen LogP contribution is 2.35. The van der Waals surface area contributed by atoms with Gasteiger partial charge in [-0.3, -0.25) is 19.4 Å². The molecule has 2 amide bonds. The number of para-hydroxylation sites is 1. The zero-order chi connectivity index (χ0) is 34.7. The van der Waals surface area contributed by atoms with Crippen LogP contribution >= 0.6 is 0 Å². The molecule has 0 aromatic heterocycles. The lowest BCUT2D eigenvalue weighted by Crippen LogP contribution is -2.29. The predicted molar refractivity (Wildman–Crippen MR) is 205 cm³/mol. The second-order valence-electron chi connectivity index (χ2n) is 14.5. The van der Waals surface area contributed by atoms with E-state index in [0.717, 1.165) is 31.5 Å². The van der Waals surface area contributed by atoms with Crippen molar-refractivity contribution in [1.82, 2.24) is 9.80 Å². The molecule has 4 aromatic carbocycles. The van der Waals surface area contributed by atoms with E-state index in [1.807, 2.05) is 54.6 Å². The van der Waals surface area contributed by atoms with Crippen LogP contribution in [0.25, 0.3) is 12.2 Å². The molecule has 260 valence electrons. The fourth-order valence-electron chi connectivity index (χ4n) is 8.09. The minimum absolute atomic E-state index is 0.285. The number of hydrogen-bond donors (Lipinski definition) is 1. The number of carbonyl (C=O) groups excluding carboxylic acids is 2. The molecule has 0 bridgehead atoms. The zero-order valence-corrected chi connectivity index (χ0v) is 29.3. The maximum absolute atomic E-state index is 13.3. The molecule has 3 aliphatic heterocycles. The van der Waals surface area contributed by atoms with E-state index < -0.39 is 0 Å². The number of hydrogen-bond acceptors (Lipinski definition) is 6. The maximum Gasteiger partial charge on any atom is 0.266 e. The van der Waals surface area contributed by atoms with Crippen LogP contribution < -0.4 is 15.4 Å². The Hall–Kier alpha value is -4.98. The third-order valence-corrected chi connectivity index (χ3v) is 10.8. The molecule has 51 heavy (non-hydrogen) atoms. The first kappa shape index (κ1) is 33.2. The number of fused-ring (bicyclic) bond motifs is 3. The number of nitrogens with zero attached hydrogens (tertiary/aromatic N) is 3. The van der Waals surface area contributed by atoms with Crippen LogP contribution in [0.15, 0.2) is 96.1 Å². The Kier molecular flexibility index (Phi) is 9.57. The number of amides is 2. The summed E-state index contributed by atoms with van der Waals surface area (Å²) in [6.45, 7) is 7.18. The minimum atomic E-state index is -0.306. The fourth-order valence-corrected chi connectivity index (χ4v) is 8.09. The monoisotopic (exact) mass is 678 g/mol. The quantitative estimate of drug-likeness (QED) is 0.156. The number of carbonyl (C=O) groups is 2. The zero-order valence-electron chi connectivity index (χ0n) is 29.3. The third-order valence-electron chi connectivity index (χ3n) is 10.8. The van der Waals surface area contributed by atoms with E-state index in [2.05, 4.69) is 34.1 Å². The van der Waals surface area contributed by atoms with Crippen molar-refractivity contribution in [2.24, 2.45) is 0 Å². The van der Waals surface area contributed by atoms with E-state index in [4.69, 9.17) is 10.5 Å². The summed E-state index contributed by atoms with van der Waals surface area (Å²) in [6, 6.07) is 26.7. The summed E-state index contributed by atoms with van der Waals surface area (Å²) in [7, 11) is 0. The van der Waals surface area contributed by atoms with Crippen molar-refractivity contribution in [3.8, 4) is 11.5 Å². The van der Waals surface area contributed by atoms with Gasteiger partial charge in [-0.15, -0.1) is 0 Å². The highest BCUT2D eigenvalue weighted by atomic mass is 16.5. The van der Waals surface area contributed by atoms with Gasteiger partial charge in [-0.25, -0.2) is 4.90 Å². The SMILES string of the molecule is Nc1ccc2c(c1)CCC(CN1CCCC1)=C2.O=C1c2ccc(Oc3ccccc3)cc2C(=O)N1c1ccc2c(c1)CCC(CN1CCCC1)=C2. The lowest BCUT2D eigenvalue weighted by molar-refractivity contribution is 0.0926. The molecular weight excluding hydrogens is 633 g/mol. The highest BCUT2D eigenvalue weighted by molar-refractivity contribution is 6.34. The van der Waals surface area contributed by atoms with Gasteiger partial charge in [-0.2, -0.15) is 0 Å². The van der Waals surface area contributed by atoms with Crippen LogP contribution in [0.5, 0.6) is 11.5 Å². The lowest BCUT2D eigenvalue weighted by Gasteiger charge is -2.23.